The van der Waals surface area contributed by atoms with Crippen molar-refractivity contribution in [1.82, 2.24) is 4.90 Å². The number of halogens is 1. The zero-order valence-corrected chi connectivity index (χ0v) is 19.9. The summed E-state index contributed by atoms with van der Waals surface area (Å²) in [6.07, 6.45) is 0. The molecule has 3 amide bonds. The van der Waals surface area contributed by atoms with Crippen molar-refractivity contribution in [3.05, 3.63) is 101 Å². The van der Waals surface area contributed by atoms with Gasteiger partial charge in [-0.1, -0.05) is 72.5 Å². The molecule has 2 aliphatic heterocycles. The monoisotopic (exact) mass is 503 g/mol. The number of carbonyl (C=O) groups is 3. The van der Waals surface area contributed by atoms with Gasteiger partial charge >= 0.3 is 0 Å². The molecule has 3 aromatic carbocycles. The minimum absolute atomic E-state index is 0.239. The van der Waals surface area contributed by atoms with Crippen LogP contribution in [0.3, 0.4) is 0 Å². The predicted octanol–water partition coefficient (Wildman–Crippen LogP) is 4.58. The lowest BCUT2D eigenvalue weighted by atomic mass is 10.1. The molecule has 0 atom stereocenters. The van der Waals surface area contributed by atoms with Gasteiger partial charge in [-0.3, -0.25) is 24.2 Å². The minimum atomic E-state index is -0.447. The van der Waals surface area contributed by atoms with Gasteiger partial charge in [0.15, 0.2) is 0 Å². The van der Waals surface area contributed by atoms with Gasteiger partial charge < -0.3 is 5.32 Å². The van der Waals surface area contributed by atoms with Crippen LogP contribution in [-0.2, 0) is 20.9 Å². The van der Waals surface area contributed by atoms with Crippen molar-refractivity contribution in [3.8, 4) is 0 Å². The van der Waals surface area contributed by atoms with Crippen LogP contribution in [0.1, 0.15) is 11.1 Å². The van der Waals surface area contributed by atoms with E-state index in [-0.39, 0.29) is 22.9 Å². The summed E-state index contributed by atoms with van der Waals surface area (Å²) in [5.41, 5.74) is 2.69. The molecule has 6 nitrogen and oxygen atoms in total. The van der Waals surface area contributed by atoms with Gasteiger partial charge in [0.05, 0.1) is 22.7 Å². The van der Waals surface area contributed by atoms with Gasteiger partial charge in [0.1, 0.15) is 16.7 Å². The molecule has 174 valence electrons. The Bertz CT molecular complexity index is 1390. The largest absolute Gasteiger partial charge is 0.325 e. The second-order valence-electron chi connectivity index (χ2n) is 7.91. The number of fused-ring (bicyclic) bond motifs is 1. The van der Waals surface area contributed by atoms with Crippen molar-refractivity contribution >= 4 is 63.0 Å². The summed E-state index contributed by atoms with van der Waals surface area (Å²) in [7, 11) is 0. The molecule has 0 aromatic heterocycles. The standard InChI is InChI=1S/C26H18FN3O3S2/c27-17-10-12-18(13-11-17)28-21(31)15-29-20-9-5-4-8-19(20)22(24(29)32)23-25(33)30(26(34)35-23)14-16-6-2-1-3-7-16/h1-13H,14-15H2,(H,28,31). The maximum atomic E-state index is 13.5. The van der Waals surface area contributed by atoms with E-state index in [2.05, 4.69) is 5.32 Å². The Morgan fingerprint density at radius 1 is 0.886 bits per heavy atom. The zero-order chi connectivity index (χ0) is 24.5. The van der Waals surface area contributed by atoms with E-state index in [1.165, 1.54) is 34.1 Å². The molecule has 2 heterocycles. The fourth-order valence-electron chi connectivity index (χ4n) is 3.99. The lowest BCUT2D eigenvalue weighted by molar-refractivity contribution is -0.122. The third kappa shape index (κ3) is 4.48. The number of hydrogen-bond donors (Lipinski definition) is 1. The van der Waals surface area contributed by atoms with Crippen LogP contribution in [0.2, 0.25) is 0 Å². The molecule has 1 N–H and O–H groups in total. The van der Waals surface area contributed by atoms with Gasteiger partial charge in [-0.25, -0.2) is 4.39 Å². The number of rotatable bonds is 5. The van der Waals surface area contributed by atoms with Crippen molar-refractivity contribution in [3.63, 3.8) is 0 Å². The third-order valence-electron chi connectivity index (χ3n) is 5.61. The van der Waals surface area contributed by atoms with E-state index >= 15 is 0 Å². The van der Waals surface area contributed by atoms with Crippen LogP contribution >= 0.6 is 24.0 Å². The first-order valence-electron chi connectivity index (χ1n) is 10.7. The van der Waals surface area contributed by atoms with Crippen molar-refractivity contribution in [2.45, 2.75) is 6.54 Å². The summed E-state index contributed by atoms with van der Waals surface area (Å²) in [5, 5.41) is 2.67. The highest BCUT2D eigenvalue weighted by Gasteiger charge is 2.42. The highest BCUT2D eigenvalue weighted by molar-refractivity contribution is 8.26. The quantitative estimate of drug-likeness (QED) is 0.408. The number of hydrogen-bond acceptors (Lipinski definition) is 5. The van der Waals surface area contributed by atoms with E-state index in [1.54, 1.807) is 24.3 Å². The highest BCUT2D eigenvalue weighted by atomic mass is 32.2. The van der Waals surface area contributed by atoms with E-state index < -0.39 is 17.6 Å². The Balaban J connectivity index is 1.43. The SMILES string of the molecule is O=C(CN1C(=O)C(=C2SC(=S)N(Cc3ccccc3)C2=O)c2ccccc21)Nc1ccc(F)cc1. The number of nitrogens with one attached hydrogen (secondary N) is 1. The van der Waals surface area contributed by atoms with Gasteiger partial charge in [-0.2, -0.15) is 0 Å². The van der Waals surface area contributed by atoms with Gasteiger partial charge in [0.2, 0.25) is 5.91 Å². The number of carbonyl (C=O) groups excluding carboxylic acids is 3. The zero-order valence-electron chi connectivity index (χ0n) is 18.2. The smallest absolute Gasteiger partial charge is 0.267 e. The second kappa shape index (κ2) is 9.44. The van der Waals surface area contributed by atoms with Crippen LogP contribution < -0.4 is 10.2 Å². The molecule has 35 heavy (non-hydrogen) atoms. The first-order chi connectivity index (χ1) is 16.9. The highest BCUT2D eigenvalue weighted by Crippen LogP contribution is 2.44. The van der Waals surface area contributed by atoms with Crippen LogP contribution in [0, 0.1) is 5.82 Å². The second-order valence-corrected chi connectivity index (χ2v) is 9.56. The van der Waals surface area contributed by atoms with E-state index in [4.69, 9.17) is 12.2 Å². The maximum absolute atomic E-state index is 13.5. The summed E-state index contributed by atoms with van der Waals surface area (Å²) >= 11 is 6.56. The molecule has 3 aromatic rings. The minimum Gasteiger partial charge on any atom is -0.325 e. The van der Waals surface area contributed by atoms with Crippen LogP contribution in [0.4, 0.5) is 15.8 Å². The molecule has 0 radical (unpaired) electrons. The van der Waals surface area contributed by atoms with E-state index in [0.29, 0.717) is 27.8 Å². The number of amides is 3. The molecular weight excluding hydrogens is 485 g/mol. The third-order valence-corrected chi connectivity index (χ3v) is 7.06. The van der Waals surface area contributed by atoms with Gasteiger partial charge in [-0.05, 0) is 35.9 Å². The predicted molar refractivity (Wildman–Crippen MR) is 138 cm³/mol. The molecule has 0 saturated carbocycles. The fourth-order valence-corrected chi connectivity index (χ4v) is 5.31. The van der Waals surface area contributed by atoms with E-state index in [1.807, 2.05) is 30.3 Å². The molecule has 0 bridgehead atoms. The first kappa shape index (κ1) is 22.9. The van der Waals surface area contributed by atoms with Gasteiger partial charge in [-0.15, -0.1) is 0 Å². The topological polar surface area (TPSA) is 69.7 Å². The Kier molecular flexibility index (Phi) is 6.19. The molecule has 2 aliphatic rings. The Hall–Kier alpha value is -3.82. The van der Waals surface area contributed by atoms with Crippen molar-refractivity contribution in [1.29, 1.82) is 0 Å². The van der Waals surface area contributed by atoms with Crippen LogP contribution in [0.25, 0.3) is 5.57 Å². The molecule has 0 spiro atoms. The van der Waals surface area contributed by atoms with Crippen LogP contribution in [0.15, 0.2) is 83.8 Å². The fraction of sp³-hybridized carbons (Fsp3) is 0.0769. The Labute approximate surface area is 210 Å². The number of thioether (sulfide) groups is 1. The van der Waals surface area contributed by atoms with Crippen LogP contribution in [0.5, 0.6) is 0 Å². The van der Waals surface area contributed by atoms with Crippen molar-refractivity contribution in [2.24, 2.45) is 0 Å². The molecule has 0 aliphatic carbocycles. The van der Waals surface area contributed by atoms with E-state index in [9.17, 15) is 18.8 Å². The van der Waals surface area contributed by atoms with Gasteiger partial charge in [0.25, 0.3) is 11.8 Å². The number of benzene rings is 3. The molecular formula is C26H18FN3O3S2. The average molecular weight is 504 g/mol. The number of anilines is 2. The molecule has 1 saturated heterocycles. The number of para-hydroxylation sites is 1. The summed E-state index contributed by atoms with van der Waals surface area (Å²) in [6.45, 7) is 0.0446. The summed E-state index contributed by atoms with van der Waals surface area (Å²) < 4.78 is 13.5. The Morgan fingerprint density at radius 2 is 1.57 bits per heavy atom. The lowest BCUT2D eigenvalue weighted by Crippen LogP contribution is -2.35. The van der Waals surface area contributed by atoms with Crippen LogP contribution in [-0.4, -0.2) is 33.5 Å². The lowest BCUT2D eigenvalue weighted by Gasteiger charge is -2.17. The first-order valence-corrected chi connectivity index (χ1v) is 11.9. The van der Waals surface area contributed by atoms with Crippen molar-refractivity contribution < 1.29 is 18.8 Å². The molecule has 1 fully saturated rings. The molecule has 5 rings (SSSR count). The normalized spacial score (nSPS) is 17.2. The van der Waals surface area contributed by atoms with E-state index in [0.717, 1.165) is 17.3 Å². The van der Waals surface area contributed by atoms with Gasteiger partial charge in [0, 0.05) is 11.3 Å². The number of thiocarbonyl (C=S) groups is 1. The molecule has 0 unspecified atom stereocenters. The summed E-state index contributed by atoms with van der Waals surface area (Å²) in [6, 6.07) is 21.9. The van der Waals surface area contributed by atoms with Crippen molar-refractivity contribution in [2.75, 3.05) is 16.8 Å². The maximum Gasteiger partial charge on any atom is 0.267 e. The summed E-state index contributed by atoms with van der Waals surface area (Å²) in [4.78, 5) is 42.6. The molecule has 9 heteroatoms. The summed E-state index contributed by atoms with van der Waals surface area (Å²) in [5.74, 6) is -1.64. The number of nitrogens with zero attached hydrogens (tertiary/aromatic N) is 2. The Morgan fingerprint density at radius 3 is 2.31 bits per heavy atom. The average Bonchev–Trinajstić information content (AvgIpc) is 3.28.